The van der Waals surface area contributed by atoms with Crippen molar-refractivity contribution in [1.82, 2.24) is 20.1 Å². The number of nitrogens with one attached hydrogen (secondary N) is 2. The molecule has 1 aromatic heterocycles. The highest BCUT2D eigenvalue weighted by atomic mass is 16.1. The first-order chi connectivity index (χ1) is 9.74. The number of carbonyl (C=O) groups is 1. The fraction of sp³-hybridized carbons (Fsp3) is 0.357. The molecule has 1 aromatic carbocycles. The Hall–Kier alpha value is -2.21. The number of rotatable bonds is 3. The highest BCUT2D eigenvalue weighted by Crippen LogP contribution is 2.18. The number of hydrogen-bond acceptors (Lipinski definition) is 4. The molecule has 0 saturated carbocycles. The third kappa shape index (κ3) is 2.55. The number of anilines is 1. The van der Waals surface area contributed by atoms with Gasteiger partial charge in [-0.2, -0.15) is 5.10 Å². The summed E-state index contributed by atoms with van der Waals surface area (Å²) in [6.45, 7) is 2.95. The molecular weight excluding hydrogens is 254 g/mol. The first-order valence-corrected chi connectivity index (χ1v) is 6.73. The van der Waals surface area contributed by atoms with E-state index in [1.165, 1.54) is 6.33 Å². The van der Waals surface area contributed by atoms with Crippen LogP contribution in [0.2, 0.25) is 0 Å². The molecule has 3 rings (SSSR count). The molecule has 0 spiro atoms. The van der Waals surface area contributed by atoms with Gasteiger partial charge in [-0.25, -0.2) is 9.67 Å². The van der Waals surface area contributed by atoms with Crippen LogP contribution in [0.4, 0.5) is 5.69 Å². The van der Waals surface area contributed by atoms with Crippen LogP contribution in [-0.4, -0.2) is 33.3 Å². The summed E-state index contributed by atoms with van der Waals surface area (Å²) in [4.78, 5) is 16.1. The highest BCUT2D eigenvalue weighted by Gasteiger charge is 2.29. The zero-order chi connectivity index (χ0) is 13.9. The van der Waals surface area contributed by atoms with E-state index in [0.717, 1.165) is 24.3 Å². The molecule has 2 atom stereocenters. The van der Waals surface area contributed by atoms with Gasteiger partial charge in [0, 0.05) is 11.7 Å². The average molecular weight is 271 g/mol. The molecule has 0 bridgehead atoms. The topological polar surface area (TPSA) is 71.8 Å². The molecule has 1 aliphatic rings. The maximum absolute atomic E-state index is 12.2. The van der Waals surface area contributed by atoms with Gasteiger partial charge >= 0.3 is 0 Å². The van der Waals surface area contributed by atoms with E-state index in [1.54, 1.807) is 11.0 Å². The Morgan fingerprint density at radius 3 is 2.80 bits per heavy atom. The highest BCUT2D eigenvalue weighted by molar-refractivity contribution is 5.93. The lowest BCUT2D eigenvalue weighted by atomic mass is 10.0. The first-order valence-electron chi connectivity index (χ1n) is 6.73. The van der Waals surface area contributed by atoms with Gasteiger partial charge in [-0.15, -0.1) is 0 Å². The summed E-state index contributed by atoms with van der Waals surface area (Å²) in [7, 11) is 0. The SMILES string of the molecule is CC1NCCC1C(=O)Nc1ccc(-n2cncn2)cc1. The van der Waals surface area contributed by atoms with Gasteiger partial charge in [-0.05, 0) is 44.2 Å². The van der Waals surface area contributed by atoms with Gasteiger partial charge in [0.05, 0.1) is 11.6 Å². The number of hydrogen-bond donors (Lipinski definition) is 2. The summed E-state index contributed by atoms with van der Waals surface area (Å²) >= 11 is 0. The molecule has 1 fully saturated rings. The van der Waals surface area contributed by atoms with Crippen molar-refractivity contribution in [2.24, 2.45) is 5.92 Å². The number of carbonyl (C=O) groups excluding carboxylic acids is 1. The van der Waals surface area contributed by atoms with Gasteiger partial charge in [0.25, 0.3) is 0 Å². The van der Waals surface area contributed by atoms with Crippen molar-refractivity contribution in [3.05, 3.63) is 36.9 Å². The summed E-state index contributed by atoms with van der Waals surface area (Å²) in [6, 6.07) is 7.80. The summed E-state index contributed by atoms with van der Waals surface area (Å²) in [5.41, 5.74) is 1.72. The van der Waals surface area contributed by atoms with E-state index in [1.807, 2.05) is 31.2 Å². The standard InChI is InChI=1S/C14H17N5O/c1-10-13(6-7-16-10)14(20)18-11-2-4-12(5-3-11)19-9-15-8-17-19/h2-5,8-10,13,16H,6-7H2,1H3,(H,18,20). The Morgan fingerprint density at radius 2 is 2.20 bits per heavy atom. The summed E-state index contributed by atoms with van der Waals surface area (Å²) in [5, 5.41) is 10.3. The zero-order valence-corrected chi connectivity index (χ0v) is 11.3. The van der Waals surface area contributed by atoms with Crippen molar-refractivity contribution in [3.63, 3.8) is 0 Å². The number of nitrogens with zero attached hydrogens (tertiary/aromatic N) is 3. The van der Waals surface area contributed by atoms with Crippen LogP contribution >= 0.6 is 0 Å². The van der Waals surface area contributed by atoms with Gasteiger partial charge in [-0.3, -0.25) is 4.79 Å². The predicted molar refractivity (Wildman–Crippen MR) is 75.6 cm³/mol. The number of aromatic nitrogens is 3. The molecule has 1 amide bonds. The fourth-order valence-corrected chi connectivity index (χ4v) is 2.49. The second-order valence-electron chi connectivity index (χ2n) is 5.01. The third-order valence-electron chi connectivity index (χ3n) is 3.68. The lowest BCUT2D eigenvalue weighted by Gasteiger charge is -2.15. The van der Waals surface area contributed by atoms with E-state index in [0.29, 0.717) is 0 Å². The van der Waals surface area contributed by atoms with Gasteiger partial charge in [0.2, 0.25) is 5.91 Å². The van der Waals surface area contributed by atoms with Crippen molar-refractivity contribution >= 4 is 11.6 Å². The van der Waals surface area contributed by atoms with E-state index in [4.69, 9.17) is 0 Å². The van der Waals surface area contributed by atoms with Crippen molar-refractivity contribution in [2.75, 3.05) is 11.9 Å². The van der Waals surface area contributed by atoms with Crippen molar-refractivity contribution in [1.29, 1.82) is 0 Å². The molecule has 0 aliphatic carbocycles. The Bertz CT molecular complexity index is 578. The molecule has 2 aromatic rings. The molecular formula is C14H17N5O. The quantitative estimate of drug-likeness (QED) is 0.880. The Morgan fingerprint density at radius 1 is 1.40 bits per heavy atom. The van der Waals surface area contributed by atoms with E-state index in [-0.39, 0.29) is 17.9 Å². The van der Waals surface area contributed by atoms with Gasteiger partial charge in [-0.1, -0.05) is 0 Å². The molecule has 20 heavy (non-hydrogen) atoms. The third-order valence-corrected chi connectivity index (χ3v) is 3.68. The molecule has 6 heteroatoms. The molecule has 2 N–H and O–H groups in total. The zero-order valence-electron chi connectivity index (χ0n) is 11.3. The molecule has 1 saturated heterocycles. The largest absolute Gasteiger partial charge is 0.326 e. The van der Waals surface area contributed by atoms with Crippen LogP contribution in [0.25, 0.3) is 5.69 Å². The molecule has 2 unspecified atom stereocenters. The van der Waals surface area contributed by atoms with Crippen molar-refractivity contribution in [3.8, 4) is 5.69 Å². The van der Waals surface area contributed by atoms with Crippen molar-refractivity contribution in [2.45, 2.75) is 19.4 Å². The summed E-state index contributed by atoms with van der Waals surface area (Å²) < 4.78 is 1.68. The maximum atomic E-state index is 12.2. The second kappa shape index (κ2) is 5.42. The molecule has 0 radical (unpaired) electrons. The van der Waals surface area contributed by atoms with Crippen LogP contribution in [0.3, 0.4) is 0 Å². The summed E-state index contributed by atoms with van der Waals surface area (Å²) in [5.74, 6) is 0.126. The monoisotopic (exact) mass is 271 g/mol. The van der Waals surface area contributed by atoms with Crippen LogP contribution in [-0.2, 0) is 4.79 Å². The van der Waals surface area contributed by atoms with Crippen LogP contribution < -0.4 is 10.6 Å². The van der Waals surface area contributed by atoms with Gasteiger partial charge < -0.3 is 10.6 Å². The Balaban J connectivity index is 1.68. The van der Waals surface area contributed by atoms with E-state index in [9.17, 15) is 4.79 Å². The molecule has 104 valence electrons. The molecule has 2 heterocycles. The smallest absolute Gasteiger partial charge is 0.229 e. The minimum Gasteiger partial charge on any atom is -0.326 e. The Kier molecular flexibility index (Phi) is 3.47. The van der Waals surface area contributed by atoms with E-state index < -0.39 is 0 Å². The van der Waals surface area contributed by atoms with E-state index in [2.05, 4.69) is 20.7 Å². The lowest BCUT2D eigenvalue weighted by molar-refractivity contribution is -0.119. The van der Waals surface area contributed by atoms with Gasteiger partial charge in [0.15, 0.2) is 0 Å². The second-order valence-corrected chi connectivity index (χ2v) is 5.01. The van der Waals surface area contributed by atoms with Crippen molar-refractivity contribution < 1.29 is 4.79 Å². The summed E-state index contributed by atoms with van der Waals surface area (Å²) in [6.07, 6.45) is 4.02. The number of amides is 1. The fourth-order valence-electron chi connectivity index (χ4n) is 2.49. The predicted octanol–water partition coefficient (Wildman–Crippen LogP) is 1.20. The molecule has 6 nitrogen and oxygen atoms in total. The van der Waals surface area contributed by atoms with Crippen LogP contribution in [0, 0.1) is 5.92 Å². The van der Waals surface area contributed by atoms with Crippen LogP contribution in [0.5, 0.6) is 0 Å². The average Bonchev–Trinajstić information content (AvgIpc) is 3.10. The van der Waals surface area contributed by atoms with Crippen LogP contribution in [0.1, 0.15) is 13.3 Å². The van der Waals surface area contributed by atoms with Crippen LogP contribution in [0.15, 0.2) is 36.9 Å². The van der Waals surface area contributed by atoms with E-state index >= 15 is 0 Å². The Labute approximate surface area is 117 Å². The normalized spacial score (nSPS) is 21.9. The maximum Gasteiger partial charge on any atom is 0.229 e. The first kappa shape index (κ1) is 12.8. The lowest BCUT2D eigenvalue weighted by Crippen LogP contribution is -2.32. The minimum absolute atomic E-state index is 0.0463. The molecule has 1 aliphatic heterocycles. The van der Waals surface area contributed by atoms with Gasteiger partial charge in [0.1, 0.15) is 12.7 Å². The minimum atomic E-state index is 0.0463. The number of benzene rings is 1.